The number of hydrogen-bond donors (Lipinski definition) is 1. The van der Waals surface area contributed by atoms with E-state index in [2.05, 4.69) is 6.07 Å². The minimum Gasteiger partial charge on any atom is -0.399 e. The van der Waals surface area contributed by atoms with Crippen LogP contribution >= 0.6 is 11.8 Å². The van der Waals surface area contributed by atoms with Crippen LogP contribution < -0.4 is 5.73 Å². The summed E-state index contributed by atoms with van der Waals surface area (Å²) in [6.07, 6.45) is 0. The Bertz CT molecular complexity index is 627. The lowest BCUT2D eigenvalue weighted by molar-refractivity contribution is 0.625. The number of aryl methyl sites for hydroxylation is 1. The zero-order valence-corrected chi connectivity index (χ0v) is 11.3. The van der Waals surface area contributed by atoms with Crippen molar-refractivity contribution >= 4 is 17.4 Å². The van der Waals surface area contributed by atoms with Gasteiger partial charge in [0.1, 0.15) is 5.82 Å². The number of nitriles is 1. The van der Waals surface area contributed by atoms with Crippen molar-refractivity contribution in [2.24, 2.45) is 0 Å². The van der Waals surface area contributed by atoms with Crippen LogP contribution in [-0.4, -0.2) is 0 Å². The first-order valence-corrected chi connectivity index (χ1v) is 6.75. The third-order valence-electron chi connectivity index (χ3n) is 2.76. The molecule has 2 nitrogen and oxygen atoms in total. The maximum absolute atomic E-state index is 13.2. The molecule has 0 spiro atoms. The second-order valence-electron chi connectivity index (χ2n) is 4.26. The Labute approximate surface area is 116 Å². The topological polar surface area (TPSA) is 49.8 Å². The molecule has 2 rings (SSSR count). The van der Waals surface area contributed by atoms with Crippen molar-refractivity contribution in [3.63, 3.8) is 0 Å². The van der Waals surface area contributed by atoms with Gasteiger partial charge in [-0.15, -0.1) is 11.8 Å². The lowest BCUT2D eigenvalue weighted by atomic mass is 10.1. The summed E-state index contributed by atoms with van der Waals surface area (Å²) >= 11 is 1.53. The lowest BCUT2D eigenvalue weighted by Gasteiger charge is -2.07. The fourth-order valence-corrected chi connectivity index (χ4v) is 2.82. The predicted molar refractivity (Wildman–Crippen MR) is 76.3 cm³/mol. The van der Waals surface area contributed by atoms with Gasteiger partial charge in [-0.3, -0.25) is 0 Å². The Morgan fingerprint density at radius 1 is 1.26 bits per heavy atom. The minimum absolute atomic E-state index is 0.320. The first kappa shape index (κ1) is 13.4. The second-order valence-corrected chi connectivity index (χ2v) is 5.31. The molecule has 0 aromatic heterocycles. The fourth-order valence-electron chi connectivity index (χ4n) is 1.76. The third-order valence-corrected chi connectivity index (χ3v) is 3.78. The summed E-state index contributed by atoms with van der Waals surface area (Å²) in [7, 11) is 0. The number of nitrogens with zero attached hydrogens (tertiary/aromatic N) is 1. The summed E-state index contributed by atoms with van der Waals surface area (Å²) in [6, 6.07) is 12.2. The summed E-state index contributed by atoms with van der Waals surface area (Å²) in [6.45, 7) is 1.97. The summed E-state index contributed by atoms with van der Waals surface area (Å²) in [5, 5.41) is 8.81. The highest BCUT2D eigenvalue weighted by atomic mass is 32.2. The number of rotatable bonds is 3. The molecular weight excluding hydrogens is 259 g/mol. The van der Waals surface area contributed by atoms with E-state index in [9.17, 15) is 4.39 Å². The van der Waals surface area contributed by atoms with E-state index in [1.54, 1.807) is 12.1 Å². The van der Waals surface area contributed by atoms with E-state index in [0.717, 1.165) is 21.8 Å². The Hall–Kier alpha value is -1.99. The van der Waals surface area contributed by atoms with Gasteiger partial charge in [-0.25, -0.2) is 4.39 Å². The fraction of sp³-hybridized carbons (Fsp3) is 0.133. The Kier molecular flexibility index (Phi) is 4.08. The Morgan fingerprint density at radius 3 is 2.68 bits per heavy atom. The van der Waals surface area contributed by atoms with Crippen molar-refractivity contribution in [3.05, 3.63) is 58.9 Å². The van der Waals surface area contributed by atoms with E-state index in [1.807, 2.05) is 19.1 Å². The molecule has 0 radical (unpaired) electrons. The van der Waals surface area contributed by atoms with Crippen LogP contribution in [-0.2, 0) is 5.75 Å². The van der Waals surface area contributed by atoms with Crippen molar-refractivity contribution in [2.45, 2.75) is 17.6 Å². The van der Waals surface area contributed by atoms with Crippen LogP contribution in [0.5, 0.6) is 0 Å². The summed E-state index contributed by atoms with van der Waals surface area (Å²) in [4.78, 5) is 0.807. The zero-order valence-electron chi connectivity index (χ0n) is 10.5. The van der Waals surface area contributed by atoms with Crippen LogP contribution in [0.2, 0.25) is 0 Å². The summed E-state index contributed by atoms with van der Waals surface area (Å²) < 4.78 is 13.2. The first-order chi connectivity index (χ1) is 9.08. The largest absolute Gasteiger partial charge is 0.399 e. The van der Waals surface area contributed by atoms with Gasteiger partial charge in [-0.1, -0.05) is 6.07 Å². The third kappa shape index (κ3) is 3.49. The molecule has 0 fully saturated rings. The van der Waals surface area contributed by atoms with Crippen LogP contribution in [0.3, 0.4) is 0 Å². The molecular formula is C15H13FN2S. The second kappa shape index (κ2) is 5.77. The van der Waals surface area contributed by atoms with Gasteiger partial charge in [0.05, 0.1) is 11.6 Å². The van der Waals surface area contributed by atoms with Crippen LogP contribution in [0.1, 0.15) is 16.7 Å². The number of halogens is 1. The van der Waals surface area contributed by atoms with E-state index in [-0.39, 0.29) is 5.82 Å². The lowest BCUT2D eigenvalue weighted by Crippen LogP contribution is -1.90. The highest BCUT2D eigenvalue weighted by Gasteiger charge is 2.03. The molecule has 2 aromatic carbocycles. The van der Waals surface area contributed by atoms with E-state index < -0.39 is 0 Å². The zero-order chi connectivity index (χ0) is 13.8. The predicted octanol–water partition coefficient (Wildman–Crippen LogP) is 3.88. The average molecular weight is 272 g/mol. The molecule has 2 N–H and O–H groups in total. The van der Waals surface area contributed by atoms with Crippen molar-refractivity contribution in [1.29, 1.82) is 5.26 Å². The minimum atomic E-state index is -0.320. The van der Waals surface area contributed by atoms with Gasteiger partial charge in [0.15, 0.2) is 0 Å². The molecule has 0 amide bonds. The highest BCUT2D eigenvalue weighted by molar-refractivity contribution is 7.98. The van der Waals surface area contributed by atoms with Gasteiger partial charge in [0, 0.05) is 16.3 Å². The van der Waals surface area contributed by atoms with Crippen LogP contribution in [0.25, 0.3) is 0 Å². The van der Waals surface area contributed by atoms with Crippen molar-refractivity contribution in [2.75, 3.05) is 5.73 Å². The molecule has 4 heteroatoms. The van der Waals surface area contributed by atoms with Gasteiger partial charge >= 0.3 is 0 Å². The van der Waals surface area contributed by atoms with E-state index in [1.165, 1.54) is 23.9 Å². The molecule has 96 valence electrons. The van der Waals surface area contributed by atoms with Gasteiger partial charge in [-0.2, -0.15) is 5.26 Å². The molecule has 0 unspecified atom stereocenters. The van der Waals surface area contributed by atoms with Gasteiger partial charge < -0.3 is 5.73 Å². The van der Waals surface area contributed by atoms with Crippen LogP contribution in [0.4, 0.5) is 10.1 Å². The first-order valence-electron chi connectivity index (χ1n) is 5.77. The van der Waals surface area contributed by atoms with Gasteiger partial charge in [0.25, 0.3) is 0 Å². The van der Waals surface area contributed by atoms with Crippen molar-refractivity contribution in [1.82, 2.24) is 0 Å². The van der Waals surface area contributed by atoms with E-state index >= 15 is 0 Å². The molecule has 0 bridgehead atoms. The average Bonchev–Trinajstić information content (AvgIpc) is 2.36. The molecule has 19 heavy (non-hydrogen) atoms. The monoisotopic (exact) mass is 272 g/mol. The molecule has 2 aromatic rings. The van der Waals surface area contributed by atoms with Crippen LogP contribution in [0.15, 0.2) is 41.3 Å². The van der Waals surface area contributed by atoms with Gasteiger partial charge in [0.2, 0.25) is 0 Å². The van der Waals surface area contributed by atoms with Crippen molar-refractivity contribution in [3.8, 4) is 6.07 Å². The summed E-state index contributed by atoms with van der Waals surface area (Å²) in [5.41, 5.74) is 8.89. The molecule has 0 aliphatic carbocycles. The van der Waals surface area contributed by atoms with E-state index in [0.29, 0.717) is 11.3 Å². The number of anilines is 1. The Balaban J connectivity index is 2.12. The molecule has 0 saturated carbocycles. The van der Waals surface area contributed by atoms with Crippen LogP contribution in [0, 0.1) is 24.1 Å². The number of benzene rings is 2. The highest BCUT2D eigenvalue weighted by Crippen LogP contribution is 2.27. The number of nitrogen functional groups attached to an aromatic ring is 1. The standard InChI is InChI=1S/C15H13FN2S/c1-10-4-11(8-17)2-3-12(10)9-19-15-6-13(16)5-14(18)7-15/h2-7H,9,18H2,1H3. The SMILES string of the molecule is Cc1cc(C#N)ccc1CSc1cc(N)cc(F)c1. The molecule has 0 aliphatic heterocycles. The molecule has 0 aliphatic rings. The van der Waals surface area contributed by atoms with Crippen molar-refractivity contribution < 1.29 is 4.39 Å². The number of nitrogens with two attached hydrogens (primary N) is 1. The maximum atomic E-state index is 13.2. The number of thioether (sulfide) groups is 1. The summed E-state index contributed by atoms with van der Waals surface area (Å²) in [5.74, 6) is 0.402. The molecule has 0 atom stereocenters. The molecule has 0 saturated heterocycles. The smallest absolute Gasteiger partial charge is 0.126 e. The Morgan fingerprint density at radius 2 is 2.05 bits per heavy atom. The molecule has 0 heterocycles. The maximum Gasteiger partial charge on any atom is 0.126 e. The van der Waals surface area contributed by atoms with Gasteiger partial charge in [-0.05, 0) is 48.4 Å². The van der Waals surface area contributed by atoms with E-state index in [4.69, 9.17) is 11.0 Å². The normalized spacial score (nSPS) is 10.2. The quantitative estimate of drug-likeness (QED) is 0.681. The number of hydrogen-bond acceptors (Lipinski definition) is 3.